The van der Waals surface area contributed by atoms with E-state index in [1.165, 1.54) is 23.1 Å². The second-order valence-electron chi connectivity index (χ2n) is 3.98. The number of carbonyl (C=O) groups is 1. The van der Waals surface area contributed by atoms with Crippen molar-refractivity contribution in [2.45, 2.75) is 4.21 Å². The van der Waals surface area contributed by atoms with Crippen molar-refractivity contribution < 1.29 is 4.79 Å². The molecule has 2 heterocycles. The van der Waals surface area contributed by atoms with Gasteiger partial charge in [0.1, 0.15) is 10.4 Å². The number of hydrogen-bond acceptors (Lipinski definition) is 6. The molecular weight excluding hydrogens is 294 g/mol. The Morgan fingerprint density at radius 3 is 2.75 bits per heavy atom. The maximum absolute atomic E-state index is 12.5. The Balaban J connectivity index is 2.25. The molecular formula is C13H9N3O2S2. The second kappa shape index (κ2) is 5.18. The van der Waals surface area contributed by atoms with Gasteiger partial charge in [0.25, 0.3) is 5.56 Å². The molecule has 0 atom stereocenters. The number of hydrogen-bond donors (Lipinski definition) is 1. The summed E-state index contributed by atoms with van der Waals surface area (Å²) in [6.07, 6.45) is 1.86. The first kappa shape index (κ1) is 13.0. The van der Waals surface area contributed by atoms with Crippen LogP contribution < -0.4 is 5.56 Å². The van der Waals surface area contributed by atoms with Gasteiger partial charge in [0.15, 0.2) is 0 Å². The van der Waals surface area contributed by atoms with E-state index in [9.17, 15) is 9.59 Å². The minimum absolute atomic E-state index is 0.138. The fraction of sp³-hybridized carbons (Fsp3) is 0.0769. The SMILES string of the molecule is CSc1sc(C(=O)c2ccccc2)c2nn[nH]c(=O)c12. The number of nitrogens with zero attached hydrogens (tertiary/aromatic N) is 2. The maximum atomic E-state index is 12.5. The summed E-state index contributed by atoms with van der Waals surface area (Å²) in [7, 11) is 0. The number of carbonyl (C=O) groups excluding carboxylic acids is 1. The lowest BCUT2D eigenvalue weighted by molar-refractivity contribution is 0.104. The standard InChI is InChI=1S/C13H9N3O2S2/c1-19-13-8-9(14-16-15-12(8)18)11(20-13)10(17)7-5-3-2-4-6-7/h2-6H,1H3,(H,14,15,18). The van der Waals surface area contributed by atoms with Crippen molar-refractivity contribution in [2.24, 2.45) is 0 Å². The molecule has 3 aromatic rings. The topological polar surface area (TPSA) is 75.7 Å². The molecule has 1 aromatic carbocycles. The van der Waals surface area contributed by atoms with Crippen LogP contribution in [0.25, 0.3) is 10.9 Å². The number of fused-ring (bicyclic) bond motifs is 1. The predicted octanol–water partition coefficient (Wildman–Crippen LogP) is 2.33. The van der Waals surface area contributed by atoms with Gasteiger partial charge in [-0.3, -0.25) is 9.59 Å². The first-order chi connectivity index (χ1) is 9.72. The van der Waals surface area contributed by atoms with Gasteiger partial charge in [-0.05, 0) is 6.26 Å². The number of aromatic nitrogens is 3. The Morgan fingerprint density at radius 1 is 1.30 bits per heavy atom. The number of ketones is 1. The number of rotatable bonds is 3. The van der Waals surface area contributed by atoms with Gasteiger partial charge in [-0.25, -0.2) is 5.10 Å². The smallest absolute Gasteiger partial charge is 0.277 e. The van der Waals surface area contributed by atoms with Crippen molar-refractivity contribution in [3.8, 4) is 0 Å². The Kier molecular flexibility index (Phi) is 3.37. The van der Waals surface area contributed by atoms with Crippen LogP contribution in [0, 0.1) is 0 Å². The van der Waals surface area contributed by atoms with Gasteiger partial charge in [-0.15, -0.1) is 28.2 Å². The molecule has 1 N–H and O–H groups in total. The largest absolute Gasteiger partial charge is 0.288 e. The van der Waals surface area contributed by atoms with Crippen LogP contribution in [0.1, 0.15) is 15.2 Å². The number of thioether (sulfide) groups is 1. The third-order valence-corrected chi connectivity index (χ3v) is 5.10. The summed E-state index contributed by atoms with van der Waals surface area (Å²) in [5, 5.41) is 10.2. The van der Waals surface area contributed by atoms with E-state index in [0.29, 0.717) is 21.3 Å². The Morgan fingerprint density at radius 2 is 2.05 bits per heavy atom. The van der Waals surface area contributed by atoms with Crippen molar-refractivity contribution >= 4 is 39.8 Å². The summed E-state index contributed by atoms with van der Waals surface area (Å²) in [4.78, 5) is 24.8. The molecule has 0 radical (unpaired) electrons. The van der Waals surface area contributed by atoms with E-state index in [4.69, 9.17) is 0 Å². The van der Waals surface area contributed by atoms with Crippen LogP contribution in [-0.4, -0.2) is 27.4 Å². The van der Waals surface area contributed by atoms with Crippen LogP contribution in [0.4, 0.5) is 0 Å². The molecule has 20 heavy (non-hydrogen) atoms. The molecule has 100 valence electrons. The predicted molar refractivity (Wildman–Crippen MR) is 79.7 cm³/mol. The summed E-state index contributed by atoms with van der Waals surface area (Å²) in [6, 6.07) is 8.94. The van der Waals surface area contributed by atoms with Gasteiger partial charge in [0, 0.05) is 5.56 Å². The van der Waals surface area contributed by atoms with Crippen LogP contribution in [0.3, 0.4) is 0 Å². The zero-order valence-corrected chi connectivity index (χ0v) is 12.0. The van der Waals surface area contributed by atoms with E-state index in [1.807, 2.05) is 12.3 Å². The third kappa shape index (κ3) is 2.04. The van der Waals surface area contributed by atoms with E-state index in [1.54, 1.807) is 24.3 Å². The maximum Gasteiger partial charge on any atom is 0.277 e. The monoisotopic (exact) mass is 303 g/mol. The normalized spacial score (nSPS) is 10.8. The van der Waals surface area contributed by atoms with Gasteiger partial charge in [-0.2, -0.15) is 0 Å². The molecule has 0 spiro atoms. The molecule has 3 rings (SSSR count). The van der Waals surface area contributed by atoms with E-state index in [0.717, 1.165) is 4.21 Å². The molecule has 0 saturated heterocycles. The number of nitrogens with one attached hydrogen (secondary N) is 1. The van der Waals surface area contributed by atoms with Crippen LogP contribution in [-0.2, 0) is 0 Å². The highest BCUT2D eigenvalue weighted by Gasteiger charge is 2.21. The van der Waals surface area contributed by atoms with Gasteiger partial charge in [-0.1, -0.05) is 35.5 Å². The molecule has 2 aromatic heterocycles. The molecule has 0 saturated carbocycles. The van der Waals surface area contributed by atoms with E-state index in [-0.39, 0.29) is 11.3 Å². The quantitative estimate of drug-likeness (QED) is 0.593. The zero-order chi connectivity index (χ0) is 14.1. The first-order valence-corrected chi connectivity index (χ1v) is 7.78. The minimum atomic E-state index is -0.317. The van der Waals surface area contributed by atoms with E-state index in [2.05, 4.69) is 15.4 Å². The fourth-order valence-electron chi connectivity index (χ4n) is 1.89. The lowest BCUT2D eigenvalue weighted by Gasteiger charge is -1.97. The summed E-state index contributed by atoms with van der Waals surface area (Å²) < 4.78 is 0.774. The van der Waals surface area contributed by atoms with Crippen molar-refractivity contribution in [2.75, 3.05) is 6.26 Å². The highest BCUT2D eigenvalue weighted by Crippen LogP contribution is 2.34. The summed E-state index contributed by atoms with van der Waals surface area (Å²) >= 11 is 2.71. The van der Waals surface area contributed by atoms with E-state index < -0.39 is 0 Å². The van der Waals surface area contributed by atoms with Crippen LogP contribution in [0.15, 0.2) is 39.3 Å². The number of benzene rings is 1. The molecule has 0 aliphatic rings. The van der Waals surface area contributed by atoms with Gasteiger partial charge in [0.05, 0.1) is 9.60 Å². The minimum Gasteiger partial charge on any atom is -0.288 e. The molecule has 5 nitrogen and oxygen atoms in total. The van der Waals surface area contributed by atoms with Crippen LogP contribution in [0.2, 0.25) is 0 Å². The lowest BCUT2D eigenvalue weighted by Crippen LogP contribution is -2.10. The Labute approximate surface area is 122 Å². The summed E-state index contributed by atoms with van der Waals surface area (Å²) in [5.74, 6) is -0.138. The van der Waals surface area contributed by atoms with E-state index >= 15 is 0 Å². The first-order valence-electron chi connectivity index (χ1n) is 5.74. The zero-order valence-electron chi connectivity index (χ0n) is 10.4. The number of aromatic amines is 1. The van der Waals surface area contributed by atoms with Crippen molar-refractivity contribution in [1.82, 2.24) is 15.4 Å². The van der Waals surface area contributed by atoms with Gasteiger partial charge in [0.2, 0.25) is 5.78 Å². The molecule has 0 aliphatic carbocycles. The van der Waals surface area contributed by atoms with Gasteiger partial charge >= 0.3 is 0 Å². The molecule has 0 bridgehead atoms. The molecule has 0 amide bonds. The summed E-state index contributed by atoms with van der Waals surface area (Å²) in [5.41, 5.74) is 0.630. The van der Waals surface area contributed by atoms with Crippen LogP contribution in [0.5, 0.6) is 0 Å². The van der Waals surface area contributed by atoms with Crippen molar-refractivity contribution in [3.63, 3.8) is 0 Å². The average molecular weight is 303 g/mol. The third-order valence-electron chi connectivity index (χ3n) is 2.81. The van der Waals surface area contributed by atoms with Gasteiger partial charge < -0.3 is 0 Å². The highest BCUT2D eigenvalue weighted by atomic mass is 32.2. The Bertz CT molecular complexity index is 840. The van der Waals surface area contributed by atoms with Crippen molar-refractivity contribution in [3.05, 3.63) is 51.1 Å². The highest BCUT2D eigenvalue weighted by molar-refractivity contribution is 8.00. The molecule has 0 aliphatic heterocycles. The molecule has 0 fully saturated rings. The lowest BCUT2D eigenvalue weighted by atomic mass is 10.1. The average Bonchev–Trinajstić information content (AvgIpc) is 2.87. The molecule has 7 heteroatoms. The number of H-pyrrole nitrogens is 1. The second-order valence-corrected chi connectivity index (χ2v) is 6.08. The number of thiophene rings is 1. The van der Waals surface area contributed by atoms with Crippen LogP contribution >= 0.6 is 23.1 Å². The fourth-order valence-corrected chi connectivity index (χ4v) is 3.80. The van der Waals surface area contributed by atoms with Crippen molar-refractivity contribution in [1.29, 1.82) is 0 Å². The Hall–Kier alpha value is -1.99. The molecule has 0 unspecified atom stereocenters. The summed E-state index contributed by atoms with van der Waals surface area (Å²) in [6.45, 7) is 0.